The van der Waals surface area contributed by atoms with Crippen molar-refractivity contribution in [3.8, 4) is 5.69 Å². The molecule has 6 heteroatoms. The molecule has 0 unspecified atom stereocenters. The van der Waals surface area contributed by atoms with Crippen LogP contribution in [0.2, 0.25) is 0 Å². The van der Waals surface area contributed by atoms with Crippen LogP contribution in [0.4, 0.5) is 0 Å². The molecule has 0 radical (unpaired) electrons. The molecule has 1 aromatic carbocycles. The summed E-state index contributed by atoms with van der Waals surface area (Å²) in [5, 5.41) is 2.88. The van der Waals surface area contributed by atoms with E-state index in [1.165, 1.54) is 0 Å². The van der Waals surface area contributed by atoms with Crippen LogP contribution in [-0.2, 0) is 4.79 Å². The Morgan fingerprint density at radius 3 is 2.29 bits per heavy atom. The van der Waals surface area contributed by atoms with Gasteiger partial charge in [0.1, 0.15) is 5.88 Å². The molecular formula is C18H20ClN3O2. The third kappa shape index (κ3) is 3.79. The van der Waals surface area contributed by atoms with Crippen molar-refractivity contribution in [3.05, 3.63) is 54.4 Å². The lowest BCUT2D eigenvalue weighted by Crippen LogP contribution is -2.46. The summed E-state index contributed by atoms with van der Waals surface area (Å²) in [6.07, 6.45) is 5.46. The van der Waals surface area contributed by atoms with Gasteiger partial charge in [0.05, 0.1) is 0 Å². The molecule has 0 spiro atoms. The van der Waals surface area contributed by atoms with Gasteiger partial charge < -0.3 is 14.8 Å². The topological polar surface area (TPSA) is 54.3 Å². The Labute approximate surface area is 146 Å². The molecule has 0 atom stereocenters. The number of likely N-dealkylation sites (tertiary alicyclic amines) is 1. The number of hydrogen-bond donors (Lipinski definition) is 1. The second kappa shape index (κ2) is 7.53. The Bertz CT molecular complexity index is 690. The van der Waals surface area contributed by atoms with Crippen LogP contribution in [0.1, 0.15) is 23.2 Å². The monoisotopic (exact) mass is 345 g/mol. The second-order valence-corrected chi connectivity index (χ2v) is 6.17. The van der Waals surface area contributed by atoms with E-state index in [1.54, 1.807) is 0 Å². The number of piperidine rings is 1. The first-order valence-corrected chi connectivity index (χ1v) is 8.59. The molecule has 1 saturated heterocycles. The Balaban J connectivity index is 1.58. The molecular weight excluding hydrogens is 326 g/mol. The second-order valence-electron chi connectivity index (χ2n) is 5.90. The molecule has 0 saturated carbocycles. The van der Waals surface area contributed by atoms with Gasteiger partial charge in [-0.05, 0) is 49.2 Å². The highest BCUT2D eigenvalue weighted by atomic mass is 35.5. The number of amides is 2. The van der Waals surface area contributed by atoms with Crippen LogP contribution in [-0.4, -0.2) is 46.3 Å². The van der Waals surface area contributed by atoms with Gasteiger partial charge in [0.25, 0.3) is 5.91 Å². The predicted octanol–water partition coefficient (Wildman–Crippen LogP) is 2.44. The highest BCUT2D eigenvalue weighted by Crippen LogP contribution is 2.16. The molecule has 0 aliphatic carbocycles. The Kier molecular flexibility index (Phi) is 5.20. The number of carbonyl (C=O) groups excluding carboxylic acids is 2. The van der Waals surface area contributed by atoms with Crippen LogP contribution in [0, 0.1) is 0 Å². The van der Waals surface area contributed by atoms with Crippen molar-refractivity contribution in [1.82, 2.24) is 14.8 Å². The van der Waals surface area contributed by atoms with Gasteiger partial charge in [-0.3, -0.25) is 9.59 Å². The van der Waals surface area contributed by atoms with Crippen molar-refractivity contribution in [1.29, 1.82) is 0 Å². The zero-order valence-corrected chi connectivity index (χ0v) is 14.1. The third-order valence-corrected chi connectivity index (χ3v) is 4.53. The van der Waals surface area contributed by atoms with Crippen molar-refractivity contribution in [2.75, 3.05) is 19.0 Å². The molecule has 1 N–H and O–H groups in total. The Morgan fingerprint density at radius 1 is 1.08 bits per heavy atom. The molecule has 5 nitrogen and oxygen atoms in total. The highest BCUT2D eigenvalue weighted by Gasteiger charge is 2.24. The number of benzene rings is 1. The average Bonchev–Trinajstić information content (AvgIpc) is 3.16. The molecule has 2 aromatic rings. The Morgan fingerprint density at radius 2 is 1.71 bits per heavy atom. The van der Waals surface area contributed by atoms with Gasteiger partial charge in [-0.25, -0.2) is 0 Å². The first kappa shape index (κ1) is 16.6. The summed E-state index contributed by atoms with van der Waals surface area (Å²) in [6, 6.07) is 11.6. The van der Waals surface area contributed by atoms with Crippen molar-refractivity contribution in [2.24, 2.45) is 0 Å². The van der Waals surface area contributed by atoms with E-state index in [0.717, 1.165) is 18.5 Å². The summed E-state index contributed by atoms with van der Waals surface area (Å²) in [5.74, 6) is -0.134. The number of rotatable bonds is 4. The van der Waals surface area contributed by atoms with E-state index >= 15 is 0 Å². The number of nitrogens with one attached hydrogen (secondary N) is 1. The number of halogens is 1. The minimum absolute atomic E-state index is 0.0209. The van der Waals surface area contributed by atoms with Crippen LogP contribution in [0.25, 0.3) is 5.69 Å². The van der Waals surface area contributed by atoms with E-state index in [-0.39, 0.29) is 23.7 Å². The van der Waals surface area contributed by atoms with Crippen LogP contribution < -0.4 is 5.32 Å². The van der Waals surface area contributed by atoms with E-state index in [9.17, 15) is 9.59 Å². The van der Waals surface area contributed by atoms with Gasteiger partial charge in [0.2, 0.25) is 5.91 Å². The first-order chi connectivity index (χ1) is 11.7. The maximum Gasteiger partial charge on any atom is 0.253 e. The standard InChI is InChI=1S/C18H20ClN3O2/c19-13-17(23)20-15-7-11-22(12-8-15)18(24)14-3-5-16(6-4-14)21-9-1-2-10-21/h1-6,9-10,15H,7-8,11-13H2,(H,20,23). The predicted molar refractivity (Wildman–Crippen MR) is 93.6 cm³/mol. The van der Waals surface area contributed by atoms with Gasteiger partial charge in [-0.2, -0.15) is 0 Å². The fraction of sp³-hybridized carbons (Fsp3) is 0.333. The van der Waals surface area contributed by atoms with E-state index in [2.05, 4.69) is 5.32 Å². The number of aromatic nitrogens is 1. The van der Waals surface area contributed by atoms with Gasteiger partial charge in [0, 0.05) is 42.8 Å². The summed E-state index contributed by atoms with van der Waals surface area (Å²) in [6.45, 7) is 1.29. The van der Waals surface area contributed by atoms with E-state index in [4.69, 9.17) is 11.6 Å². The van der Waals surface area contributed by atoms with Crippen LogP contribution in [0.5, 0.6) is 0 Å². The average molecular weight is 346 g/mol. The smallest absolute Gasteiger partial charge is 0.253 e. The molecule has 1 aliphatic rings. The zero-order valence-electron chi connectivity index (χ0n) is 13.3. The van der Waals surface area contributed by atoms with Gasteiger partial charge in [-0.1, -0.05) is 0 Å². The van der Waals surface area contributed by atoms with Crippen molar-refractivity contribution >= 4 is 23.4 Å². The molecule has 2 heterocycles. The van der Waals surface area contributed by atoms with Crippen LogP contribution in [0.15, 0.2) is 48.8 Å². The largest absolute Gasteiger partial charge is 0.352 e. The summed E-state index contributed by atoms with van der Waals surface area (Å²) in [7, 11) is 0. The van der Waals surface area contributed by atoms with Crippen molar-refractivity contribution in [3.63, 3.8) is 0 Å². The molecule has 24 heavy (non-hydrogen) atoms. The van der Waals surface area contributed by atoms with Gasteiger partial charge in [-0.15, -0.1) is 11.6 Å². The lowest BCUT2D eigenvalue weighted by molar-refractivity contribution is -0.119. The Hall–Kier alpha value is -2.27. The summed E-state index contributed by atoms with van der Waals surface area (Å²) in [5.41, 5.74) is 1.72. The minimum Gasteiger partial charge on any atom is -0.352 e. The fourth-order valence-electron chi connectivity index (χ4n) is 2.96. The van der Waals surface area contributed by atoms with E-state index in [0.29, 0.717) is 18.7 Å². The fourth-order valence-corrected chi connectivity index (χ4v) is 3.04. The van der Waals surface area contributed by atoms with Gasteiger partial charge >= 0.3 is 0 Å². The summed E-state index contributed by atoms with van der Waals surface area (Å²) in [4.78, 5) is 25.8. The molecule has 3 rings (SSSR count). The molecule has 126 valence electrons. The third-order valence-electron chi connectivity index (χ3n) is 4.29. The summed E-state index contributed by atoms with van der Waals surface area (Å²) < 4.78 is 2.00. The van der Waals surface area contributed by atoms with Crippen molar-refractivity contribution in [2.45, 2.75) is 18.9 Å². The molecule has 2 amide bonds. The SMILES string of the molecule is O=C(CCl)NC1CCN(C(=O)c2ccc(-n3cccc3)cc2)CC1. The minimum atomic E-state index is -0.151. The normalized spacial score (nSPS) is 15.3. The zero-order chi connectivity index (χ0) is 16.9. The molecule has 1 fully saturated rings. The lowest BCUT2D eigenvalue weighted by Gasteiger charge is -2.32. The quantitative estimate of drug-likeness (QED) is 0.865. The van der Waals surface area contributed by atoms with Crippen LogP contribution >= 0.6 is 11.6 Å². The van der Waals surface area contributed by atoms with Crippen LogP contribution in [0.3, 0.4) is 0 Å². The highest BCUT2D eigenvalue weighted by molar-refractivity contribution is 6.27. The molecule has 1 aliphatic heterocycles. The number of hydrogen-bond acceptors (Lipinski definition) is 2. The molecule has 0 bridgehead atoms. The number of carbonyl (C=O) groups is 2. The van der Waals surface area contributed by atoms with Gasteiger partial charge in [0.15, 0.2) is 0 Å². The summed E-state index contributed by atoms with van der Waals surface area (Å²) >= 11 is 5.50. The van der Waals surface area contributed by atoms with Crippen molar-refractivity contribution < 1.29 is 9.59 Å². The van der Waals surface area contributed by atoms with E-state index < -0.39 is 0 Å². The maximum atomic E-state index is 12.6. The number of alkyl halides is 1. The number of nitrogens with zero attached hydrogens (tertiary/aromatic N) is 2. The first-order valence-electron chi connectivity index (χ1n) is 8.05. The lowest BCUT2D eigenvalue weighted by atomic mass is 10.0. The maximum absolute atomic E-state index is 12.6. The molecule has 1 aromatic heterocycles. The van der Waals surface area contributed by atoms with E-state index in [1.807, 2.05) is 58.3 Å².